The van der Waals surface area contributed by atoms with Crippen molar-refractivity contribution in [2.75, 3.05) is 19.6 Å². The van der Waals surface area contributed by atoms with E-state index in [1.807, 2.05) is 48.5 Å². The number of ketones is 1. The number of benzene rings is 3. The first-order valence-electron chi connectivity index (χ1n) is 15.7. The zero-order chi connectivity index (χ0) is 29.3. The van der Waals surface area contributed by atoms with Gasteiger partial charge < -0.3 is 15.2 Å². The lowest BCUT2D eigenvalue weighted by Gasteiger charge is -2.62. The Hall–Kier alpha value is -3.81. The van der Waals surface area contributed by atoms with E-state index < -0.39 is 17.1 Å². The lowest BCUT2D eigenvalue weighted by molar-refractivity contribution is -0.188. The van der Waals surface area contributed by atoms with E-state index in [1.54, 1.807) is 0 Å². The number of hydrogen-bond donors (Lipinski definition) is 2. The molecule has 43 heavy (non-hydrogen) atoms. The second kappa shape index (κ2) is 9.86. The first-order chi connectivity index (χ1) is 20.9. The van der Waals surface area contributed by atoms with Crippen molar-refractivity contribution < 1.29 is 24.2 Å². The van der Waals surface area contributed by atoms with Crippen LogP contribution in [-0.2, 0) is 23.1 Å². The maximum Gasteiger partial charge on any atom is 0.255 e. The molecule has 1 amide bonds. The summed E-state index contributed by atoms with van der Waals surface area (Å²) >= 11 is 0. The Labute approximate surface area is 251 Å². The van der Waals surface area contributed by atoms with Gasteiger partial charge in [-0.3, -0.25) is 19.3 Å². The van der Waals surface area contributed by atoms with Crippen LogP contribution in [0.3, 0.4) is 0 Å². The molecular formula is C36H36N2O5. The number of nitrogens with zero attached hydrogens (tertiary/aromatic N) is 1. The lowest BCUT2D eigenvalue weighted by atomic mass is 9.49. The van der Waals surface area contributed by atoms with E-state index in [9.17, 15) is 19.5 Å². The zero-order valence-electron chi connectivity index (χ0n) is 24.2. The SMILES string of the molecule is O=Cc1ccc(-c2ccc(CCNC(=O)c3ccc4c5c3OC3C(=O)CCC6(O)C(C4)N(CC4CC4)CCC536)cc2)cc1. The van der Waals surface area contributed by atoms with Crippen molar-refractivity contribution >= 4 is 18.0 Å². The molecule has 5 aliphatic rings. The summed E-state index contributed by atoms with van der Waals surface area (Å²) in [5, 5.41) is 15.5. The topological polar surface area (TPSA) is 95.9 Å². The summed E-state index contributed by atoms with van der Waals surface area (Å²) in [6.45, 7) is 2.32. The molecule has 2 bridgehead atoms. The molecule has 3 aromatic rings. The largest absolute Gasteiger partial charge is 0.480 e. The summed E-state index contributed by atoms with van der Waals surface area (Å²) in [6, 6.07) is 19.6. The average Bonchev–Trinajstić information content (AvgIpc) is 3.77. The van der Waals surface area contributed by atoms with Gasteiger partial charge in [-0.05, 0) is 79.3 Å². The summed E-state index contributed by atoms with van der Waals surface area (Å²) in [6.07, 6.45) is 5.46. The van der Waals surface area contributed by atoms with Gasteiger partial charge in [0.05, 0.1) is 16.6 Å². The van der Waals surface area contributed by atoms with Crippen LogP contribution >= 0.6 is 0 Å². The van der Waals surface area contributed by atoms with Crippen LogP contribution in [0.25, 0.3) is 11.1 Å². The molecule has 7 heteroatoms. The number of hydrogen-bond acceptors (Lipinski definition) is 6. The molecule has 8 rings (SSSR count). The number of nitrogens with one attached hydrogen (secondary N) is 1. The number of amides is 1. The number of ether oxygens (including phenoxy) is 1. The maximum absolute atomic E-state index is 13.5. The minimum Gasteiger partial charge on any atom is -0.480 e. The summed E-state index contributed by atoms with van der Waals surface area (Å²) < 4.78 is 6.46. The highest BCUT2D eigenvalue weighted by Gasteiger charge is 2.73. The Kier molecular flexibility index (Phi) is 6.14. The molecule has 220 valence electrons. The van der Waals surface area contributed by atoms with E-state index in [4.69, 9.17) is 4.74 Å². The Morgan fingerprint density at radius 3 is 2.49 bits per heavy atom. The van der Waals surface area contributed by atoms with Crippen LogP contribution in [0.5, 0.6) is 5.75 Å². The van der Waals surface area contributed by atoms with E-state index in [-0.39, 0.29) is 17.7 Å². The van der Waals surface area contributed by atoms with Crippen molar-refractivity contribution in [2.45, 2.75) is 68.1 Å². The summed E-state index contributed by atoms with van der Waals surface area (Å²) in [4.78, 5) is 40.3. The molecule has 7 nitrogen and oxygen atoms in total. The van der Waals surface area contributed by atoms with Gasteiger partial charge in [-0.2, -0.15) is 0 Å². The van der Waals surface area contributed by atoms with Crippen LogP contribution in [0, 0.1) is 5.92 Å². The standard InChI is InChI=1S/C36H36N2O5/c39-21-24-5-9-26(10-6-24)25-7-3-22(4-8-25)14-17-37-34(41)28-12-11-27-19-30-36(42)15-13-29(40)33-35(36,31(27)32(28)43-33)16-18-38(30)20-23-1-2-23/h3-12,21,23,30,33,42H,1-2,13-20H2,(H,37,41). The van der Waals surface area contributed by atoms with Crippen molar-refractivity contribution in [2.24, 2.45) is 5.92 Å². The van der Waals surface area contributed by atoms with Crippen molar-refractivity contribution in [3.63, 3.8) is 0 Å². The smallest absolute Gasteiger partial charge is 0.255 e. The quantitative estimate of drug-likeness (QED) is 0.389. The van der Waals surface area contributed by atoms with E-state index in [0.717, 1.165) is 59.5 Å². The Morgan fingerprint density at radius 2 is 1.77 bits per heavy atom. The third-order valence-electron chi connectivity index (χ3n) is 10.9. The molecule has 1 spiro atoms. The molecule has 2 saturated carbocycles. The predicted octanol–water partition coefficient (Wildman–Crippen LogP) is 4.27. The van der Waals surface area contributed by atoms with Gasteiger partial charge in [0.1, 0.15) is 12.0 Å². The molecule has 2 aliphatic heterocycles. The second-order valence-electron chi connectivity index (χ2n) is 13.2. The number of carbonyl (C=O) groups is 3. The van der Waals surface area contributed by atoms with Crippen molar-refractivity contribution in [1.82, 2.24) is 10.2 Å². The lowest BCUT2D eigenvalue weighted by Crippen LogP contribution is -2.76. The molecule has 2 heterocycles. The molecule has 0 radical (unpaired) electrons. The van der Waals surface area contributed by atoms with Gasteiger partial charge in [0.25, 0.3) is 5.91 Å². The summed E-state index contributed by atoms with van der Waals surface area (Å²) in [5.74, 6) is 1.05. The molecule has 2 N–H and O–H groups in total. The number of rotatable bonds is 8. The average molecular weight is 577 g/mol. The fourth-order valence-corrected chi connectivity index (χ4v) is 8.49. The van der Waals surface area contributed by atoms with E-state index in [0.29, 0.717) is 49.1 Å². The van der Waals surface area contributed by atoms with Gasteiger partial charge in [-0.1, -0.05) is 54.6 Å². The van der Waals surface area contributed by atoms with Crippen LogP contribution in [0.15, 0.2) is 60.7 Å². The molecular weight excluding hydrogens is 540 g/mol. The number of aliphatic hydroxyl groups is 1. The molecule has 4 atom stereocenters. The van der Waals surface area contributed by atoms with Crippen LogP contribution in [0.1, 0.15) is 69.5 Å². The Balaban J connectivity index is 1.01. The van der Waals surface area contributed by atoms with Gasteiger partial charge in [0.15, 0.2) is 11.9 Å². The number of Topliss-reactive ketones (excluding diaryl/α,β-unsaturated/α-hetero) is 1. The number of piperidine rings is 1. The molecule has 3 fully saturated rings. The van der Waals surface area contributed by atoms with Crippen molar-refractivity contribution in [1.29, 1.82) is 0 Å². The fraction of sp³-hybridized carbons (Fsp3) is 0.417. The number of carbonyl (C=O) groups excluding carboxylic acids is 3. The van der Waals surface area contributed by atoms with Crippen LogP contribution < -0.4 is 10.1 Å². The minimum absolute atomic E-state index is 0.0266. The zero-order valence-corrected chi connectivity index (χ0v) is 24.2. The van der Waals surface area contributed by atoms with Gasteiger partial charge in [0.2, 0.25) is 0 Å². The molecule has 4 unspecified atom stereocenters. The molecule has 3 aliphatic carbocycles. The number of aldehydes is 1. The van der Waals surface area contributed by atoms with Gasteiger partial charge >= 0.3 is 0 Å². The van der Waals surface area contributed by atoms with Gasteiger partial charge in [0, 0.05) is 36.7 Å². The first kappa shape index (κ1) is 26.8. The first-order valence-corrected chi connectivity index (χ1v) is 15.7. The van der Waals surface area contributed by atoms with Crippen LogP contribution in [0.2, 0.25) is 0 Å². The summed E-state index contributed by atoms with van der Waals surface area (Å²) in [7, 11) is 0. The molecule has 3 aromatic carbocycles. The van der Waals surface area contributed by atoms with Gasteiger partial charge in [-0.15, -0.1) is 0 Å². The van der Waals surface area contributed by atoms with Crippen molar-refractivity contribution in [3.05, 3.63) is 88.5 Å². The highest BCUT2D eigenvalue weighted by Crippen LogP contribution is 2.64. The van der Waals surface area contributed by atoms with Crippen LogP contribution in [-0.4, -0.2) is 65.4 Å². The maximum atomic E-state index is 13.5. The number of likely N-dealkylation sites (tertiary alicyclic amines) is 1. The van der Waals surface area contributed by atoms with Gasteiger partial charge in [-0.25, -0.2) is 0 Å². The second-order valence-corrected chi connectivity index (χ2v) is 13.2. The Bertz CT molecular complexity index is 1630. The Morgan fingerprint density at radius 1 is 1.02 bits per heavy atom. The fourth-order valence-electron chi connectivity index (χ4n) is 8.49. The molecule has 1 saturated heterocycles. The molecule has 0 aromatic heterocycles. The minimum atomic E-state index is -1.03. The summed E-state index contributed by atoms with van der Waals surface area (Å²) in [5.41, 5.74) is 4.53. The highest BCUT2D eigenvalue weighted by molar-refractivity contribution is 5.99. The highest BCUT2D eigenvalue weighted by atomic mass is 16.5. The predicted molar refractivity (Wildman–Crippen MR) is 161 cm³/mol. The van der Waals surface area contributed by atoms with E-state index in [1.165, 1.54) is 12.8 Å². The van der Waals surface area contributed by atoms with E-state index in [2.05, 4.69) is 22.3 Å². The van der Waals surface area contributed by atoms with Crippen LogP contribution in [0.4, 0.5) is 0 Å². The monoisotopic (exact) mass is 576 g/mol. The third-order valence-corrected chi connectivity index (χ3v) is 10.9. The third kappa shape index (κ3) is 4.05. The van der Waals surface area contributed by atoms with Crippen molar-refractivity contribution in [3.8, 4) is 16.9 Å². The van der Waals surface area contributed by atoms with E-state index >= 15 is 0 Å². The normalized spacial score (nSPS) is 28.6.